The van der Waals surface area contributed by atoms with Crippen LogP contribution in [0, 0.1) is 0 Å². The number of amides is 2. The third-order valence-electron chi connectivity index (χ3n) is 2.74. The van der Waals surface area contributed by atoms with E-state index in [0.29, 0.717) is 10.6 Å². The van der Waals surface area contributed by atoms with Crippen LogP contribution in [0.2, 0.25) is 5.02 Å². The molecule has 0 aliphatic carbocycles. The summed E-state index contributed by atoms with van der Waals surface area (Å²) in [7, 11) is 3.53. The van der Waals surface area contributed by atoms with Crippen molar-refractivity contribution in [2.24, 2.45) is 5.73 Å². The Morgan fingerprint density at radius 3 is 2.53 bits per heavy atom. The van der Waals surface area contributed by atoms with Crippen LogP contribution in [0.15, 0.2) is 24.3 Å². The maximum absolute atomic E-state index is 11.8. The first kappa shape index (κ1) is 15.5. The van der Waals surface area contributed by atoms with Crippen molar-refractivity contribution < 1.29 is 9.59 Å². The van der Waals surface area contributed by atoms with Crippen LogP contribution >= 0.6 is 11.6 Å². The van der Waals surface area contributed by atoms with Crippen molar-refractivity contribution in [2.45, 2.75) is 12.5 Å². The Morgan fingerprint density at radius 2 is 2.05 bits per heavy atom. The van der Waals surface area contributed by atoms with Crippen LogP contribution in [-0.4, -0.2) is 37.4 Å². The van der Waals surface area contributed by atoms with Crippen LogP contribution in [0.3, 0.4) is 0 Å². The molecule has 0 fully saturated rings. The largest absolute Gasteiger partial charge is 0.367 e. The molecule has 0 aromatic heterocycles. The third kappa shape index (κ3) is 3.94. The standard InChI is InChI=1S/C13H18ClN3O2/c1-13(12(15)19,16-11(18)8-17(2)3)9-5-4-6-10(14)7-9/h4-7H,8H2,1-3H3,(H2,15,19)(H,16,18)/t13-/m1/s1. The summed E-state index contributed by atoms with van der Waals surface area (Å²) in [5, 5.41) is 3.13. The minimum absolute atomic E-state index is 0.170. The van der Waals surface area contributed by atoms with E-state index in [-0.39, 0.29) is 12.5 Å². The topological polar surface area (TPSA) is 75.4 Å². The Kier molecular flexibility index (Phi) is 4.91. The molecule has 1 aromatic rings. The monoisotopic (exact) mass is 283 g/mol. The van der Waals surface area contributed by atoms with Crippen molar-refractivity contribution in [3.05, 3.63) is 34.9 Å². The molecule has 0 aliphatic rings. The van der Waals surface area contributed by atoms with Gasteiger partial charge in [-0.25, -0.2) is 0 Å². The second-order valence-electron chi connectivity index (χ2n) is 4.79. The van der Waals surface area contributed by atoms with Crippen molar-refractivity contribution in [1.82, 2.24) is 10.2 Å². The number of hydrogen-bond acceptors (Lipinski definition) is 3. The van der Waals surface area contributed by atoms with Gasteiger partial charge in [0.05, 0.1) is 6.54 Å². The molecular weight excluding hydrogens is 266 g/mol. The van der Waals surface area contributed by atoms with Gasteiger partial charge in [0.25, 0.3) is 0 Å². The van der Waals surface area contributed by atoms with Crippen LogP contribution in [0.5, 0.6) is 0 Å². The van der Waals surface area contributed by atoms with Gasteiger partial charge in [-0.1, -0.05) is 23.7 Å². The summed E-state index contributed by atoms with van der Waals surface area (Å²) in [5.74, 6) is -0.923. The first-order chi connectivity index (χ1) is 8.75. The number of carbonyl (C=O) groups is 2. The van der Waals surface area contributed by atoms with E-state index < -0.39 is 11.4 Å². The summed E-state index contributed by atoms with van der Waals surface area (Å²) in [6.07, 6.45) is 0. The second kappa shape index (κ2) is 6.04. The summed E-state index contributed by atoms with van der Waals surface area (Å²) in [4.78, 5) is 25.2. The number of nitrogens with one attached hydrogen (secondary N) is 1. The molecule has 19 heavy (non-hydrogen) atoms. The zero-order chi connectivity index (χ0) is 14.6. The second-order valence-corrected chi connectivity index (χ2v) is 5.22. The van der Waals surface area contributed by atoms with E-state index in [1.165, 1.54) is 0 Å². The molecule has 0 radical (unpaired) electrons. The highest BCUT2D eigenvalue weighted by Crippen LogP contribution is 2.23. The number of hydrogen-bond donors (Lipinski definition) is 2. The number of benzene rings is 1. The quantitative estimate of drug-likeness (QED) is 0.836. The van der Waals surface area contributed by atoms with Crippen LogP contribution in [0.1, 0.15) is 12.5 Å². The van der Waals surface area contributed by atoms with Gasteiger partial charge in [0.1, 0.15) is 5.54 Å². The van der Waals surface area contributed by atoms with Crippen molar-refractivity contribution in [3.8, 4) is 0 Å². The molecule has 1 rings (SSSR count). The van der Waals surface area contributed by atoms with Gasteiger partial charge in [0.2, 0.25) is 11.8 Å². The average molecular weight is 284 g/mol. The van der Waals surface area contributed by atoms with E-state index in [1.807, 2.05) is 0 Å². The van der Waals surface area contributed by atoms with E-state index in [0.717, 1.165) is 0 Å². The van der Waals surface area contributed by atoms with Gasteiger partial charge in [-0.15, -0.1) is 0 Å². The Labute approximate surface area is 117 Å². The van der Waals surface area contributed by atoms with Crippen molar-refractivity contribution in [2.75, 3.05) is 20.6 Å². The fourth-order valence-corrected chi connectivity index (χ4v) is 1.87. The van der Waals surface area contributed by atoms with Crippen molar-refractivity contribution in [1.29, 1.82) is 0 Å². The number of halogens is 1. The molecule has 0 saturated carbocycles. The Morgan fingerprint density at radius 1 is 1.42 bits per heavy atom. The molecule has 5 nitrogen and oxygen atoms in total. The first-order valence-electron chi connectivity index (χ1n) is 5.77. The summed E-state index contributed by atoms with van der Waals surface area (Å²) in [6, 6.07) is 6.71. The van der Waals surface area contributed by atoms with Gasteiger partial charge in [-0.3, -0.25) is 9.59 Å². The van der Waals surface area contributed by atoms with Gasteiger partial charge in [-0.2, -0.15) is 0 Å². The first-order valence-corrected chi connectivity index (χ1v) is 6.15. The van der Waals surface area contributed by atoms with Gasteiger partial charge in [-0.05, 0) is 38.7 Å². The summed E-state index contributed by atoms with van der Waals surface area (Å²) >= 11 is 5.90. The SMILES string of the molecule is CN(C)CC(=O)N[C@@](C)(C(N)=O)c1cccc(Cl)c1. The summed E-state index contributed by atoms with van der Waals surface area (Å²) < 4.78 is 0. The smallest absolute Gasteiger partial charge is 0.247 e. The lowest BCUT2D eigenvalue weighted by molar-refractivity contribution is -0.131. The maximum Gasteiger partial charge on any atom is 0.247 e. The maximum atomic E-state index is 11.8. The highest BCUT2D eigenvalue weighted by molar-refractivity contribution is 6.30. The molecule has 1 atom stereocenters. The molecule has 0 heterocycles. The average Bonchev–Trinajstić information content (AvgIpc) is 2.27. The van der Waals surface area contributed by atoms with E-state index in [2.05, 4.69) is 5.32 Å². The van der Waals surface area contributed by atoms with Crippen molar-refractivity contribution >= 4 is 23.4 Å². The van der Waals surface area contributed by atoms with E-state index >= 15 is 0 Å². The lowest BCUT2D eigenvalue weighted by Gasteiger charge is -2.28. The van der Waals surface area contributed by atoms with Gasteiger partial charge >= 0.3 is 0 Å². The predicted octanol–water partition coefficient (Wildman–Crippen LogP) is 0.718. The number of nitrogens with two attached hydrogens (primary N) is 1. The molecule has 0 saturated heterocycles. The van der Waals surface area contributed by atoms with E-state index in [4.69, 9.17) is 17.3 Å². The zero-order valence-corrected chi connectivity index (χ0v) is 12.0. The van der Waals surface area contributed by atoms with Gasteiger partial charge in [0, 0.05) is 5.02 Å². The molecule has 2 amide bonds. The Balaban J connectivity index is 3.04. The van der Waals surface area contributed by atoms with Crippen molar-refractivity contribution in [3.63, 3.8) is 0 Å². The van der Waals surface area contributed by atoms with Crippen LogP contribution in [-0.2, 0) is 15.1 Å². The van der Waals surface area contributed by atoms with Crippen LogP contribution in [0.25, 0.3) is 0 Å². The van der Waals surface area contributed by atoms with Gasteiger partial charge in [0.15, 0.2) is 0 Å². The minimum atomic E-state index is -1.28. The molecular formula is C13H18ClN3O2. The fraction of sp³-hybridized carbons (Fsp3) is 0.385. The lowest BCUT2D eigenvalue weighted by atomic mass is 9.91. The molecule has 3 N–H and O–H groups in total. The molecule has 6 heteroatoms. The molecule has 0 unspecified atom stereocenters. The molecule has 1 aromatic carbocycles. The highest BCUT2D eigenvalue weighted by atomic mass is 35.5. The van der Waals surface area contributed by atoms with E-state index in [1.54, 1.807) is 50.2 Å². The number of likely N-dealkylation sites (N-methyl/N-ethyl adjacent to an activating group) is 1. The number of nitrogens with zero attached hydrogens (tertiary/aromatic N) is 1. The molecule has 0 aliphatic heterocycles. The third-order valence-corrected chi connectivity index (χ3v) is 2.98. The minimum Gasteiger partial charge on any atom is -0.367 e. The number of primary amides is 1. The number of rotatable bonds is 5. The van der Waals surface area contributed by atoms with Crippen LogP contribution < -0.4 is 11.1 Å². The van der Waals surface area contributed by atoms with Crippen LogP contribution in [0.4, 0.5) is 0 Å². The van der Waals surface area contributed by atoms with E-state index in [9.17, 15) is 9.59 Å². The Hall–Kier alpha value is -1.59. The zero-order valence-electron chi connectivity index (χ0n) is 11.2. The summed E-state index contributed by atoms with van der Waals surface area (Å²) in [6.45, 7) is 1.73. The summed E-state index contributed by atoms with van der Waals surface area (Å²) in [5.41, 5.74) is 4.70. The molecule has 0 bridgehead atoms. The normalized spacial score (nSPS) is 13.9. The molecule has 104 valence electrons. The highest BCUT2D eigenvalue weighted by Gasteiger charge is 2.35. The van der Waals surface area contributed by atoms with Gasteiger partial charge < -0.3 is 16.0 Å². The lowest BCUT2D eigenvalue weighted by Crippen LogP contribution is -2.54. The number of carbonyl (C=O) groups excluding carboxylic acids is 2. The fourth-order valence-electron chi connectivity index (χ4n) is 1.68. The Bertz CT molecular complexity index is 491. The predicted molar refractivity (Wildman–Crippen MR) is 74.7 cm³/mol. The molecule has 0 spiro atoms.